The van der Waals surface area contributed by atoms with Crippen molar-refractivity contribution < 1.29 is 19.2 Å². The van der Waals surface area contributed by atoms with E-state index in [4.69, 9.17) is 0 Å². The maximum atomic E-state index is 12.8. The zero-order chi connectivity index (χ0) is 17.8. The summed E-state index contributed by atoms with van der Waals surface area (Å²) in [7, 11) is 0. The number of fused-ring (bicyclic) bond motifs is 1. The topological polar surface area (TPSA) is 90.0 Å². The SMILES string of the molecule is O=C[C@@H]1CCCN2C(=O)CCN(NC(=O)CC3CCCCC3)C(=O)N12. The quantitative estimate of drug-likeness (QED) is 0.772. The van der Waals surface area contributed by atoms with Gasteiger partial charge in [0.1, 0.15) is 12.3 Å². The van der Waals surface area contributed by atoms with Crippen LogP contribution in [0.25, 0.3) is 0 Å². The second-order valence-electron chi connectivity index (χ2n) is 7.13. The molecular formula is C17H26N4O4. The zero-order valence-electron chi connectivity index (χ0n) is 14.5. The number of carbonyl (C=O) groups is 4. The lowest BCUT2D eigenvalue weighted by molar-refractivity contribution is -0.151. The van der Waals surface area contributed by atoms with Crippen LogP contribution in [0.1, 0.15) is 57.8 Å². The Hall–Kier alpha value is -2.12. The van der Waals surface area contributed by atoms with Gasteiger partial charge in [-0.15, -0.1) is 0 Å². The van der Waals surface area contributed by atoms with Crippen LogP contribution >= 0.6 is 0 Å². The summed E-state index contributed by atoms with van der Waals surface area (Å²) in [6, 6.07) is -1.15. The first-order valence-corrected chi connectivity index (χ1v) is 9.26. The number of aldehydes is 1. The van der Waals surface area contributed by atoms with E-state index in [-0.39, 0.29) is 24.8 Å². The van der Waals surface area contributed by atoms with E-state index in [0.29, 0.717) is 38.0 Å². The summed E-state index contributed by atoms with van der Waals surface area (Å²) in [4.78, 5) is 48.8. The Balaban J connectivity index is 1.66. The van der Waals surface area contributed by atoms with E-state index in [1.807, 2.05) is 0 Å². The number of urea groups is 1. The van der Waals surface area contributed by atoms with Gasteiger partial charge in [0.2, 0.25) is 11.8 Å². The first-order valence-electron chi connectivity index (χ1n) is 9.26. The lowest BCUT2D eigenvalue weighted by atomic mass is 9.87. The molecule has 0 spiro atoms. The van der Waals surface area contributed by atoms with Gasteiger partial charge >= 0.3 is 6.03 Å². The normalized spacial score (nSPS) is 25.4. The Kier molecular flexibility index (Phi) is 5.55. The zero-order valence-corrected chi connectivity index (χ0v) is 14.5. The van der Waals surface area contributed by atoms with E-state index >= 15 is 0 Å². The highest BCUT2D eigenvalue weighted by atomic mass is 16.2. The van der Waals surface area contributed by atoms with Crippen molar-refractivity contribution in [2.45, 2.75) is 63.8 Å². The molecule has 2 saturated heterocycles. The summed E-state index contributed by atoms with van der Waals surface area (Å²) in [6.45, 7) is 0.561. The van der Waals surface area contributed by atoms with E-state index in [1.54, 1.807) is 0 Å². The van der Waals surface area contributed by atoms with Gasteiger partial charge < -0.3 is 4.79 Å². The molecule has 3 rings (SSSR count). The van der Waals surface area contributed by atoms with Crippen molar-refractivity contribution in [3.8, 4) is 0 Å². The predicted molar refractivity (Wildman–Crippen MR) is 88.7 cm³/mol. The van der Waals surface area contributed by atoms with Gasteiger partial charge in [-0.2, -0.15) is 0 Å². The second kappa shape index (κ2) is 7.84. The van der Waals surface area contributed by atoms with Crippen LogP contribution < -0.4 is 5.43 Å². The molecule has 2 heterocycles. The maximum absolute atomic E-state index is 12.8. The molecule has 138 valence electrons. The first kappa shape index (κ1) is 17.7. The minimum Gasteiger partial charge on any atom is -0.301 e. The van der Waals surface area contributed by atoms with Gasteiger partial charge in [0.25, 0.3) is 0 Å². The van der Waals surface area contributed by atoms with E-state index in [2.05, 4.69) is 5.43 Å². The van der Waals surface area contributed by atoms with Crippen molar-refractivity contribution in [1.29, 1.82) is 0 Å². The molecule has 0 bridgehead atoms. The molecule has 3 aliphatic rings. The van der Waals surface area contributed by atoms with Gasteiger partial charge in [0, 0.05) is 19.4 Å². The standard InChI is InChI=1S/C17H26N4O4/c22-12-14-7-4-9-20-16(24)8-10-19(17(25)21(14)20)18-15(23)11-13-5-2-1-3-6-13/h12-14H,1-11H2,(H,18,23)/t14-/m0/s1. The fourth-order valence-electron chi connectivity index (χ4n) is 3.98. The van der Waals surface area contributed by atoms with Crippen molar-refractivity contribution in [1.82, 2.24) is 20.5 Å². The van der Waals surface area contributed by atoms with Crippen LogP contribution in [0.5, 0.6) is 0 Å². The first-order chi connectivity index (χ1) is 12.1. The molecule has 1 saturated carbocycles. The van der Waals surface area contributed by atoms with E-state index in [0.717, 1.165) is 25.7 Å². The smallest absolute Gasteiger partial charge is 0.301 e. The van der Waals surface area contributed by atoms with Crippen LogP contribution in [0.15, 0.2) is 0 Å². The van der Waals surface area contributed by atoms with Crippen LogP contribution in [0.4, 0.5) is 4.79 Å². The third-order valence-corrected chi connectivity index (χ3v) is 5.32. The van der Waals surface area contributed by atoms with Crippen LogP contribution in [-0.2, 0) is 14.4 Å². The monoisotopic (exact) mass is 350 g/mol. The van der Waals surface area contributed by atoms with Crippen LogP contribution in [-0.4, -0.2) is 58.3 Å². The Labute approximate surface area is 147 Å². The minimum atomic E-state index is -0.652. The molecule has 0 unspecified atom stereocenters. The lowest BCUT2D eigenvalue weighted by Gasteiger charge is -2.41. The predicted octanol–water partition coefficient (Wildman–Crippen LogP) is 1.22. The minimum absolute atomic E-state index is 0.132. The number of carbonyl (C=O) groups excluding carboxylic acids is 4. The van der Waals surface area contributed by atoms with E-state index < -0.39 is 12.1 Å². The van der Waals surface area contributed by atoms with Crippen molar-refractivity contribution >= 4 is 24.1 Å². The average molecular weight is 350 g/mol. The second-order valence-corrected chi connectivity index (χ2v) is 7.13. The van der Waals surface area contributed by atoms with Crippen LogP contribution in [0, 0.1) is 5.92 Å². The highest BCUT2D eigenvalue weighted by molar-refractivity contribution is 5.88. The summed E-state index contributed by atoms with van der Waals surface area (Å²) in [5, 5.41) is 3.77. The van der Waals surface area contributed by atoms with Crippen molar-refractivity contribution in [2.24, 2.45) is 5.92 Å². The number of rotatable bonds is 4. The summed E-state index contributed by atoms with van der Waals surface area (Å²) >= 11 is 0. The molecule has 1 atom stereocenters. The Morgan fingerprint density at radius 3 is 2.56 bits per heavy atom. The number of amides is 4. The van der Waals surface area contributed by atoms with Crippen molar-refractivity contribution in [3.05, 3.63) is 0 Å². The lowest BCUT2D eigenvalue weighted by Crippen LogP contribution is -2.61. The molecule has 0 aromatic rings. The fraction of sp³-hybridized carbons (Fsp3) is 0.765. The van der Waals surface area contributed by atoms with Crippen molar-refractivity contribution in [2.75, 3.05) is 13.1 Å². The highest BCUT2D eigenvalue weighted by Gasteiger charge is 2.41. The molecule has 1 N–H and O–H groups in total. The van der Waals surface area contributed by atoms with Crippen LogP contribution in [0.2, 0.25) is 0 Å². The molecule has 1 aliphatic carbocycles. The van der Waals surface area contributed by atoms with E-state index in [9.17, 15) is 19.2 Å². The number of hydrazine groups is 2. The molecule has 8 nitrogen and oxygen atoms in total. The Morgan fingerprint density at radius 2 is 1.84 bits per heavy atom. The van der Waals surface area contributed by atoms with Gasteiger partial charge in [-0.3, -0.25) is 15.0 Å². The number of hydrogen-bond acceptors (Lipinski definition) is 4. The summed E-state index contributed by atoms with van der Waals surface area (Å²) in [5.74, 6) is -0.0172. The molecular weight excluding hydrogens is 324 g/mol. The summed E-state index contributed by atoms with van der Waals surface area (Å²) in [6.07, 6.45) is 8.08. The molecule has 4 amide bonds. The van der Waals surface area contributed by atoms with Gasteiger partial charge in [0.15, 0.2) is 0 Å². The van der Waals surface area contributed by atoms with Gasteiger partial charge in [-0.05, 0) is 31.6 Å². The van der Waals surface area contributed by atoms with Gasteiger partial charge in [0.05, 0.1) is 6.54 Å². The molecule has 25 heavy (non-hydrogen) atoms. The molecule has 0 radical (unpaired) electrons. The van der Waals surface area contributed by atoms with E-state index in [1.165, 1.54) is 21.4 Å². The third kappa shape index (κ3) is 3.93. The number of nitrogens with one attached hydrogen (secondary N) is 1. The van der Waals surface area contributed by atoms with Crippen molar-refractivity contribution in [3.63, 3.8) is 0 Å². The summed E-state index contributed by atoms with van der Waals surface area (Å²) in [5.41, 5.74) is 2.66. The van der Waals surface area contributed by atoms with Gasteiger partial charge in [-0.25, -0.2) is 19.8 Å². The third-order valence-electron chi connectivity index (χ3n) is 5.32. The van der Waals surface area contributed by atoms with Gasteiger partial charge in [-0.1, -0.05) is 19.3 Å². The number of nitrogens with zero attached hydrogens (tertiary/aromatic N) is 3. The Morgan fingerprint density at radius 1 is 1.08 bits per heavy atom. The largest absolute Gasteiger partial charge is 0.358 e. The molecule has 2 aliphatic heterocycles. The molecule has 0 aromatic carbocycles. The maximum Gasteiger partial charge on any atom is 0.358 e. The molecule has 0 aromatic heterocycles. The molecule has 8 heteroatoms. The Bertz CT molecular complexity index is 547. The number of hydrogen-bond donors (Lipinski definition) is 1. The average Bonchev–Trinajstić information content (AvgIpc) is 2.74. The summed E-state index contributed by atoms with van der Waals surface area (Å²) < 4.78 is 0. The highest BCUT2D eigenvalue weighted by Crippen LogP contribution is 2.26. The van der Waals surface area contributed by atoms with Crippen LogP contribution in [0.3, 0.4) is 0 Å². The molecule has 3 fully saturated rings. The fourth-order valence-corrected chi connectivity index (χ4v) is 3.98.